The number of hydrogen-bond donors (Lipinski definition) is 1. The summed E-state index contributed by atoms with van der Waals surface area (Å²) in [7, 11) is 0. The number of hydrogen-bond acceptors (Lipinski definition) is 3. The van der Waals surface area contributed by atoms with Crippen molar-refractivity contribution in [1.29, 1.82) is 0 Å². The fourth-order valence-corrected chi connectivity index (χ4v) is 7.53. The molecule has 5 unspecified atom stereocenters. The Hall–Kier alpha value is -1.69. The van der Waals surface area contributed by atoms with Crippen LogP contribution in [0.4, 0.5) is 4.39 Å². The van der Waals surface area contributed by atoms with Gasteiger partial charge in [0.25, 0.3) is 0 Å². The van der Waals surface area contributed by atoms with Crippen molar-refractivity contribution in [2.45, 2.75) is 62.8 Å². The van der Waals surface area contributed by atoms with E-state index in [4.69, 9.17) is 23.2 Å². The largest absolute Gasteiger partial charge is 0.339 e. The van der Waals surface area contributed by atoms with Gasteiger partial charge in [-0.25, -0.2) is 9.37 Å². The number of likely N-dealkylation sites (tertiary alicyclic amines) is 1. The van der Waals surface area contributed by atoms with E-state index >= 15 is 0 Å². The molecule has 0 radical (unpaired) electrons. The Bertz CT molecular complexity index is 1080. The first kappa shape index (κ1) is 25.0. The number of carbonyl (C=O) groups excluding carboxylic acids is 1. The molecular weight excluding hydrogens is 484 g/mol. The van der Waals surface area contributed by atoms with Crippen molar-refractivity contribution in [3.05, 3.63) is 64.2 Å². The minimum Gasteiger partial charge on any atom is -0.339 e. The summed E-state index contributed by atoms with van der Waals surface area (Å²) in [5, 5.41) is 4.05. The van der Waals surface area contributed by atoms with Crippen molar-refractivity contribution in [2.75, 3.05) is 25.5 Å². The van der Waals surface area contributed by atoms with Crippen molar-refractivity contribution < 1.29 is 9.18 Å². The second-order valence-electron chi connectivity index (χ2n) is 10.5. The quantitative estimate of drug-likeness (QED) is 0.408. The van der Waals surface area contributed by atoms with Gasteiger partial charge in [-0.15, -0.1) is 11.6 Å². The molecule has 5 rings (SSSR count). The number of pyridine rings is 1. The standard InChI is InChI=1S/C28H34Cl2FN3O/c1-2-18(15-29)25-14-19(20-6-3-4-7-23(20)31)11-13-34(25)27(35)22-16-32-17-28(22)12-5-8-24-21(28)9-10-26(30)33-24/h3-4,6-7,9-10,18-19,22,25,32H,2,5,8,11-17H2,1H3. The number of fused-ring (bicyclic) bond motifs is 2. The van der Waals surface area contributed by atoms with Crippen molar-refractivity contribution in [3.63, 3.8) is 0 Å². The Morgan fingerprint density at radius 2 is 2.14 bits per heavy atom. The highest BCUT2D eigenvalue weighted by Gasteiger charge is 2.52. The summed E-state index contributed by atoms with van der Waals surface area (Å²) in [6.07, 6.45) is 5.28. The molecule has 4 nitrogen and oxygen atoms in total. The summed E-state index contributed by atoms with van der Waals surface area (Å²) < 4.78 is 14.6. The van der Waals surface area contributed by atoms with Gasteiger partial charge in [-0.05, 0) is 67.2 Å². The summed E-state index contributed by atoms with van der Waals surface area (Å²) >= 11 is 12.6. The number of nitrogens with zero attached hydrogens (tertiary/aromatic N) is 2. The topological polar surface area (TPSA) is 45.2 Å². The SMILES string of the molecule is CCC(CCl)C1CC(c2ccccc2F)CCN1C(=O)C1CNCC12CCCc1nc(Cl)ccc12. The van der Waals surface area contributed by atoms with Crippen molar-refractivity contribution in [2.24, 2.45) is 11.8 Å². The third-order valence-corrected chi connectivity index (χ3v) is 9.41. The number of halogens is 3. The van der Waals surface area contributed by atoms with E-state index < -0.39 is 0 Å². The van der Waals surface area contributed by atoms with E-state index in [0.717, 1.165) is 56.3 Å². The zero-order valence-corrected chi connectivity index (χ0v) is 21.8. The Balaban J connectivity index is 1.46. The molecule has 3 heterocycles. The van der Waals surface area contributed by atoms with Crippen molar-refractivity contribution in [3.8, 4) is 0 Å². The first-order chi connectivity index (χ1) is 17.0. The van der Waals surface area contributed by atoms with Gasteiger partial charge in [0.2, 0.25) is 5.91 Å². The Morgan fingerprint density at radius 3 is 2.91 bits per heavy atom. The van der Waals surface area contributed by atoms with E-state index in [2.05, 4.69) is 28.2 Å². The number of amides is 1. The summed E-state index contributed by atoms with van der Waals surface area (Å²) in [5.74, 6) is 0.676. The van der Waals surface area contributed by atoms with Gasteiger partial charge in [0.05, 0.1) is 5.92 Å². The fraction of sp³-hybridized carbons (Fsp3) is 0.571. The Labute approximate surface area is 217 Å². The first-order valence-electron chi connectivity index (χ1n) is 13.0. The maximum absolute atomic E-state index is 14.6. The molecule has 2 aromatic rings. The molecule has 1 spiro atoms. The molecule has 2 fully saturated rings. The molecule has 1 aromatic heterocycles. The lowest BCUT2D eigenvalue weighted by molar-refractivity contribution is -0.142. The van der Waals surface area contributed by atoms with Crippen molar-refractivity contribution >= 4 is 29.1 Å². The number of alkyl halides is 1. The lowest BCUT2D eigenvalue weighted by atomic mass is 9.65. The van der Waals surface area contributed by atoms with Gasteiger partial charge in [0.15, 0.2) is 0 Å². The molecule has 188 valence electrons. The minimum atomic E-state index is -0.252. The summed E-state index contributed by atoms with van der Waals surface area (Å²) in [6.45, 7) is 4.21. The van der Waals surface area contributed by atoms with Crippen LogP contribution >= 0.6 is 23.2 Å². The fourth-order valence-electron chi connectivity index (χ4n) is 6.94. The molecule has 2 saturated heterocycles. The third kappa shape index (κ3) is 4.49. The Morgan fingerprint density at radius 1 is 1.31 bits per heavy atom. The molecule has 1 amide bonds. The number of piperidine rings is 1. The predicted molar refractivity (Wildman–Crippen MR) is 139 cm³/mol. The van der Waals surface area contributed by atoms with Crippen LogP contribution < -0.4 is 5.32 Å². The number of rotatable bonds is 5. The molecule has 1 aromatic carbocycles. The predicted octanol–water partition coefficient (Wildman–Crippen LogP) is 5.71. The third-order valence-electron chi connectivity index (χ3n) is 8.81. The van der Waals surface area contributed by atoms with E-state index in [1.54, 1.807) is 6.07 Å². The molecule has 1 N–H and O–H groups in total. The zero-order valence-electron chi connectivity index (χ0n) is 20.3. The highest BCUT2D eigenvalue weighted by Crippen LogP contribution is 2.47. The van der Waals surface area contributed by atoms with E-state index in [-0.39, 0.29) is 40.9 Å². The normalized spacial score (nSPS) is 29.3. The molecule has 0 bridgehead atoms. The van der Waals surface area contributed by atoms with Gasteiger partial charge >= 0.3 is 0 Å². The Kier molecular flexibility index (Phi) is 7.39. The summed E-state index contributed by atoms with van der Waals surface area (Å²) in [5.41, 5.74) is 2.72. The van der Waals surface area contributed by atoms with Gasteiger partial charge in [-0.1, -0.05) is 49.2 Å². The van der Waals surface area contributed by atoms with Crippen LogP contribution in [0.2, 0.25) is 5.15 Å². The summed E-state index contributed by atoms with van der Waals surface area (Å²) in [6, 6.07) is 11.0. The smallest absolute Gasteiger partial charge is 0.228 e. The highest BCUT2D eigenvalue weighted by molar-refractivity contribution is 6.29. The van der Waals surface area contributed by atoms with Crippen LogP contribution in [-0.2, 0) is 16.6 Å². The average molecular weight is 519 g/mol. The maximum Gasteiger partial charge on any atom is 0.228 e. The summed E-state index contributed by atoms with van der Waals surface area (Å²) in [4.78, 5) is 21.1. The van der Waals surface area contributed by atoms with Crippen molar-refractivity contribution in [1.82, 2.24) is 15.2 Å². The van der Waals surface area contributed by atoms with Crippen LogP contribution in [-0.4, -0.2) is 47.3 Å². The molecule has 35 heavy (non-hydrogen) atoms. The number of benzene rings is 1. The van der Waals surface area contributed by atoms with E-state index in [1.165, 1.54) is 11.6 Å². The van der Waals surface area contributed by atoms with Crippen LogP contribution in [0.25, 0.3) is 0 Å². The zero-order chi connectivity index (χ0) is 24.6. The van der Waals surface area contributed by atoms with E-state index in [0.29, 0.717) is 24.1 Å². The van der Waals surface area contributed by atoms with Crippen LogP contribution in [0.5, 0.6) is 0 Å². The molecule has 7 heteroatoms. The lowest BCUT2D eigenvalue weighted by Crippen LogP contribution is -2.55. The van der Waals surface area contributed by atoms with Gasteiger partial charge < -0.3 is 10.2 Å². The maximum atomic E-state index is 14.6. The monoisotopic (exact) mass is 517 g/mol. The first-order valence-corrected chi connectivity index (χ1v) is 13.9. The van der Waals surface area contributed by atoms with E-state index in [9.17, 15) is 9.18 Å². The van der Waals surface area contributed by atoms with Gasteiger partial charge in [0.1, 0.15) is 11.0 Å². The molecule has 0 saturated carbocycles. The number of carbonyl (C=O) groups is 1. The van der Waals surface area contributed by atoms with E-state index in [1.807, 2.05) is 18.2 Å². The molecule has 5 atom stereocenters. The number of aromatic nitrogens is 1. The van der Waals surface area contributed by atoms with Crippen LogP contribution in [0, 0.1) is 17.7 Å². The molecule has 3 aliphatic rings. The lowest BCUT2D eigenvalue weighted by Gasteiger charge is -2.47. The van der Waals surface area contributed by atoms with Gasteiger partial charge in [-0.2, -0.15) is 0 Å². The second kappa shape index (κ2) is 10.4. The highest BCUT2D eigenvalue weighted by atomic mass is 35.5. The second-order valence-corrected chi connectivity index (χ2v) is 11.2. The minimum absolute atomic E-state index is 0.00686. The molecule has 2 aliphatic heterocycles. The van der Waals surface area contributed by atoms with Crippen LogP contribution in [0.1, 0.15) is 61.8 Å². The molecular formula is C28H34Cl2FN3O. The van der Waals surface area contributed by atoms with Gasteiger partial charge in [0, 0.05) is 42.7 Å². The number of aryl methyl sites for hydroxylation is 1. The number of nitrogens with one attached hydrogen (secondary N) is 1. The van der Waals surface area contributed by atoms with Gasteiger partial charge in [-0.3, -0.25) is 4.79 Å². The van der Waals surface area contributed by atoms with Crippen LogP contribution in [0.15, 0.2) is 36.4 Å². The average Bonchev–Trinajstić information content (AvgIpc) is 3.28. The molecule has 1 aliphatic carbocycles. The van der Waals surface area contributed by atoms with Crippen LogP contribution in [0.3, 0.4) is 0 Å².